The van der Waals surface area contributed by atoms with Crippen molar-refractivity contribution >= 4 is 22.6 Å². The van der Waals surface area contributed by atoms with Crippen LogP contribution in [0.5, 0.6) is 0 Å². The van der Waals surface area contributed by atoms with E-state index in [0.717, 1.165) is 16.5 Å². The Morgan fingerprint density at radius 2 is 1.90 bits per heavy atom. The summed E-state index contributed by atoms with van der Waals surface area (Å²) >= 11 is 0. The van der Waals surface area contributed by atoms with E-state index in [9.17, 15) is 9.59 Å². The van der Waals surface area contributed by atoms with Crippen molar-refractivity contribution in [3.05, 3.63) is 36.0 Å². The van der Waals surface area contributed by atoms with Gasteiger partial charge in [-0.1, -0.05) is 32.0 Å². The average molecular weight is 272 g/mol. The fraction of sp³-hybridized carbons (Fsp3) is 0.375. The number of carbonyl (C=O) groups excluding carboxylic acids is 2. The molecule has 1 aromatic carbocycles. The minimum atomic E-state index is -0.437. The summed E-state index contributed by atoms with van der Waals surface area (Å²) < 4.78 is 0. The smallest absolute Gasteiger partial charge is 0.225 e. The maximum absolute atomic E-state index is 12.0. The van der Waals surface area contributed by atoms with E-state index in [-0.39, 0.29) is 24.0 Å². The fourth-order valence-corrected chi connectivity index (χ4v) is 2.31. The zero-order valence-corrected chi connectivity index (χ0v) is 12.1. The lowest BCUT2D eigenvalue weighted by Gasteiger charge is -2.14. The topological polar surface area (TPSA) is 62.0 Å². The van der Waals surface area contributed by atoms with Gasteiger partial charge in [0, 0.05) is 23.0 Å². The average Bonchev–Trinajstić information content (AvgIpc) is 2.81. The maximum atomic E-state index is 12.0. The molecule has 106 valence electrons. The Bertz CT molecular complexity index is 628. The van der Waals surface area contributed by atoms with Crippen LogP contribution >= 0.6 is 0 Å². The third-order valence-electron chi connectivity index (χ3n) is 3.40. The highest BCUT2D eigenvalue weighted by Crippen LogP contribution is 2.18. The summed E-state index contributed by atoms with van der Waals surface area (Å²) in [7, 11) is 0. The Morgan fingerprint density at radius 1 is 1.20 bits per heavy atom. The largest absolute Gasteiger partial charge is 0.361 e. The molecule has 0 bridgehead atoms. The number of hydrogen-bond acceptors (Lipinski definition) is 2. The standard InChI is InChI=1S/C16H20N2O2/c1-10(2)16(20)11(3)18-15(19)8-12-9-17-14-7-5-4-6-13(12)14/h4-7,9-11,17H,8H2,1-3H3,(H,18,19). The van der Waals surface area contributed by atoms with Gasteiger partial charge in [0.05, 0.1) is 12.5 Å². The van der Waals surface area contributed by atoms with Crippen LogP contribution in [0.1, 0.15) is 26.3 Å². The Kier molecular flexibility index (Phi) is 4.23. The van der Waals surface area contributed by atoms with Gasteiger partial charge < -0.3 is 10.3 Å². The number of hydrogen-bond donors (Lipinski definition) is 2. The predicted octanol–water partition coefficient (Wildman–Crippen LogP) is 2.44. The van der Waals surface area contributed by atoms with Crippen LogP contribution in [-0.4, -0.2) is 22.7 Å². The summed E-state index contributed by atoms with van der Waals surface area (Å²) in [6.07, 6.45) is 2.12. The molecular weight excluding hydrogens is 252 g/mol. The van der Waals surface area contributed by atoms with Gasteiger partial charge in [-0.05, 0) is 18.6 Å². The minimum Gasteiger partial charge on any atom is -0.361 e. The molecule has 0 saturated carbocycles. The van der Waals surface area contributed by atoms with Crippen molar-refractivity contribution in [3.63, 3.8) is 0 Å². The molecule has 4 heteroatoms. The lowest BCUT2D eigenvalue weighted by molar-refractivity contribution is -0.128. The number of benzene rings is 1. The zero-order chi connectivity index (χ0) is 14.7. The van der Waals surface area contributed by atoms with Crippen LogP contribution < -0.4 is 5.32 Å². The summed E-state index contributed by atoms with van der Waals surface area (Å²) in [6, 6.07) is 7.42. The minimum absolute atomic E-state index is 0.0530. The van der Waals surface area contributed by atoms with E-state index in [4.69, 9.17) is 0 Å². The van der Waals surface area contributed by atoms with Crippen molar-refractivity contribution in [2.75, 3.05) is 0 Å². The number of Topliss-reactive ketones (excluding diaryl/α,β-unsaturated/α-hetero) is 1. The number of ketones is 1. The highest BCUT2D eigenvalue weighted by molar-refractivity contribution is 5.92. The summed E-state index contributed by atoms with van der Waals surface area (Å²) in [4.78, 5) is 26.9. The zero-order valence-electron chi connectivity index (χ0n) is 12.1. The molecule has 1 unspecified atom stereocenters. The van der Waals surface area contributed by atoms with Gasteiger partial charge in [0.15, 0.2) is 5.78 Å². The highest BCUT2D eigenvalue weighted by Gasteiger charge is 2.18. The molecule has 0 aliphatic rings. The molecule has 0 radical (unpaired) electrons. The molecule has 0 aliphatic heterocycles. The summed E-state index contributed by atoms with van der Waals surface area (Å²) in [6.45, 7) is 5.41. The SMILES string of the molecule is CC(C)C(=O)C(C)NC(=O)Cc1c[nH]c2ccccc12. The summed E-state index contributed by atoms with van der Waals surface area (Å²) in [5.41, 5.74) is 1.96. The number of nitrogens with one attached hydrogen (secondary N) is 2. The van der Waals surface area contributed by atoms with Gasteiger partial charge in [0.25, 0.3) is 0 Å². The van der Waals surface area contributed by atoms with Gasteiger partial charge in [0.2, 0.25) is 5.91 Å². The van der Waals surface area contributed by atoms with E-state index in [0.29, 0.717) is 0 Å². The first-order valence-corrected chi connectivity index (χ1v) is 6.87. The van der Waals surface area contributed by atoms with Crippen molar-refractivity contribution in [2.45, 2.75) is 33.2 Å². The van der Waals surface area contributed by atoms with Crippen molar-refractivity contribution in [1.29, 1.82) is 0 Å². The number of amides is 1. The van der Waals surface area contributed by atoms with E-state index in [1.54, 1.807) is 6.92 Å². The molecule has 0 spiro atoms. The van der Waals surface area contributed by atoms with Crippen LogP contribution in [0.4, 0.5) is 0 Å². The second kappa shape index (κ2) is 5.90. The molecule has 1 atom stereocenters. The van der Waals surface area contributed by atoms with Crippen LogP contribution in [0.2, 0.25) is 0 Å². The Labute approximate surface area is 118 Å². The van der Waals surface area contributed by atoms with Gasteiger partial charge in [-0.3, -0.25) is 9.59 Å². The number of aromatic amines is 1. The molecular formula is C16H20N2O2. The normalized spacial score (nSPS) is 12.6. The maximum Gasteiger partial charge on any atom is 0.225 e. The van der Waals surface area contributed by atoms with Gasteiger partial charge in [-0.15, -0.1) is 0 Å². The molecule has 0 aliphatic carbocycles. The lowest BCUT2D eigenvalue weighted by atomic mass is 10.0. The van der Waals surface area contributed by atoms with Gasteiger partial charge in [0.1, 0.15) is 0 Å². The summed E-state index contributed by atoms with van der Waals surface area (Å²) in [5.74, 6) is -0.146. The molecule has 1 heterocycles. The van der Waals surface area contributed by atoms with E-state index < -0.39 is 6.04 Å². The van der Waals surface area contributed by atoms with Crippen molar-refractivity contribution in [1.82, 2.24) is 10.3 Å². The molecule has 1 amide bonds. The van der Waals surface area contributed by atoms with E-state index >= 15 is 0 Å². The predicted molar refractivity (Wildman–Crippen MR) is 79.5 cm³/mol. The van der Waals surface area contributed by atoms with Gasteiger partial charge >= 0.3 is 0 Å². The van der Waals surface area contributed by atoms with Crippen molar-refractivity contribution < 1.29 is 9.59 Å². The fourth-order valence-electron chi connectivity index (χ4n) is 2.31. The highest BCUT2D eigenvalue weighted by atomic mass is 16.2. The van der Waals surface area contributed by atoms with Gasteiger partial charge in [-0.25, -0.2) is 0 Å². The molecule has 0 saturated heterocycles. The first-order chi connectivity index (χ1) is 9.49. The Balaban J connectivity index is 2.03. The van der Waals surface area contributed by atoms with Crippen molar-refractivity contribution in [2.24, 2.45) is 5.92 Å². The van der Waals surface area contributed by atoms with Crippen LogP contribution in [0.3, 0.4) is 0 Å². The molecule has 1 aromatic heterocycles. The molecule has 2 rings (SSSR count). The van der Waals surface area contributed by atoms with Crippen molar-refractivity contribution in [3.8, 4) is 0 Å². The number of fused-ring (bicyclic) bond motifs is 1. The molecule has 2 N–H and O–H groups in total. The lowest BCUT2D eigenvalue weighted by Crippen LogP contribution is -2.41. The van der Waals surface area contributed by atoms with Crippen LogP contribution in [0, 0.1) is 5.92 Å². The number of aromatic nitrogens is 1. The molecule has 4 nitrogen and oxygen atoms in total. The summed E-state index contributed by atoms with van der Waals surface area (Å²) in [5, 5.41) is 3.81. The second-order valence-corrected chi connectivity index (χ2v) is 5.38. The van der Waals surface area contributed by atoms with Crippen LogP contribution in [-0.2, 0) is 16.0 Å². The second-order valence-electron chi connectivity index (χ2n) is 5.38. The number of H-pyrrole nitrogens is 1. The first-order valence-electron chi connectivity index (χ1n) is 6.87. The quantitative estimate of drug-likeness (QED) is 0.878. The molecule has 2 aromatic rings. The van der Waals surface area contributed by atoms with Crippen LogP contribution in [0.25, 0.3) is 10.9 Å². The van der Waals surface area contributed by atoms with E-state index in [1.165, 1.54) is 0 Å². The van der Waals surface area contributed by atoms with Gasteiger partial charge in [-0.2, -0.15) is 0 Å². The Hall–Kier alpha value is -2.10. The molecule has 0 fully saturated rings. The molecule has 20 heavy (non-hydrogen) atoms. The van der Waals surface area contributed by atoms with E-state index in [2.05, 4.69) is 10.3 Å². The number of rotatable bonds is 5. The number of carbonyl (C=O) groups is 2. The third kappa shape index (κ3) is 3.07. The van der Waals surface area contributed by atoms with Crippen LogP contribution in [0.15, 0.2) is 30.5 Å². The number of para-hydroxylation sites is 1. The Morgan fingerprint density at radius 3 is 2.60 bits per heavy atom. The third-order valence-corrected chi connectivity index (χ3v) is 3.40. The monoisotopic (exact) mass is 272 g/mol. The van der Waals surface area contributed by atoms with E-state index in [1.807, 2.05) is 44.3 Å². The first kappa shape index (κ1) is 14.3.